The largest absolute Gasteiger partial charge is 0.506 e. The number of nitrogens with one attached hydrogen (secondary N) is 2. The fourth-order valence-corrected chi connectivity index (χ4v) is 5.06. The van der Waals surface area contributed by atoms with Gasteiger partial charge >= 0.3 is 0 Å². The molecule has 1 aliphatic carbocycles. The Morgan fingerprint density at radius 3 is 2.57 bits per heavy atom. The van der Waals surface area contributed by atoms with Crippen molar-refractivity contribution >= 4 is 39.4 Å². The summed E-state index contributed by atoms with van der Waals surface area (Å²) in [6.07, 6.45) is 10.2. The number of hydrogen-bond donors (Lipinski definition) is 3. The van der Waals surface area contributed by atoms with Crippen LogP contribution in [0.1, 0.15) is 22.7 Å². The summed E-state index contributed by atoms with van der Waals surface area (Å²) in [6, 6.07) is 18.7. The van der Waals surface area contributed by atoms with Gasteiger partial charge in [0.25, 0.3) is 11.5 Å². The van der Waals surface area contributed by atoms with Gasteiger partial charge < -0.3 is 15.4 Å². The molecule has 1 atom stereocenters. The zero-order valence-corrected chi connectivity index (χ0v) is 19.7. The molecule has 1 aliphatic heterocycles. The van der Waals surface area contributed by atoms with E-state index in [1.165, 1.54) is 12.2 Å². The van der Waals surface area contributed by atoms with Crippen LogP contribution in [0.5, 0.6) is 5.75 Å². The Labute approximate surface area is 212 Å². The number of aromatic hydroxyl groups is 1. The minimum Gasteiger partial charge on any atom is -0.506 e. The molecule has 0 spiro atoms. The smallest absolute Gasteiger partial charge is 0.259 e. The van der Waals surface area contributed by atoms with Crippen LogP contribution >= 0.6 is 0 Å². The molecule has 37 heavy (non-hydrogen) atoms. The highest BCUT2D eigenvalue weighted by Gasteiger charge is 2.37. The van der Waals surface area contributed by atoms with Crippen LogP contribution in [0.25, 0.3) is 27.8 Å². The molecule has 180 valence electrons. The Kier molecular flexibility index (Phi) is 5.42. The maximum absolute atomic E-state index is 13.0. The first kappa shape index (κ1) is 22.5. The number of ketones is 1. The number of hydrogen-bond acceptors (Lipinski definition) is 4. The van der Waals surface area contributed by atoms with Crippen LogP contribution in [0.15, 0.2) is 107 Å². The zero-order chi connectivity index (χ0) is 25.5. The lowest BCUT2D eigenvalue weighted by Gasteiger charge is -2.31. The number of piperidine rings is 1. The average molecular weight is 487 g/mol. The molecule has 1 unspecified atom stereocenters. The molecule has 1 amide bonds. The molecule has 4 aromatic rings. The van der Waals surface area contributed by atoms with Gasteiger partial charge in [-0.25, -0.2) is 0 Å². The van der Waals surface area contributed by atoms with Crippen molar-refractivity contribution < 1.29 is 14.7 Å². The molecule has 0 radical (unpaired) electrons. The van der Waals surface area contributed by atoms with Crippen molar-refractivity contribution in [1.82, 2.24) is 10.3 Å². The topological polar surface area (TPSA) is 99.3 Å². The summed E-state index contributed by atoms with van der Waals surface area (Å²) in [7, 11) is 0. The van der Waals surface area contributed by atoms with E-state index in [-0.39, 0.29) is 22.7 Å². The molecule has 6 heteroatoms. The van der Waals surface area contributed by atoms with E-state index in [0.717, 1.165) is 21.9 Å². The van der Waals surface area contributed by atoms with Crippen molar-refractivity contribution in [1.29, 1.82) is 0 Å². The fraction of sp³-hybridized carbons (Fsp3) is 0.0645. The van der Waals surface area contributed by atoms with Crippen molar-refractivity contribution in [3.63, 3.8) is 0 Å². The normalized spacial score (nSPS) is 18.4. The Morgan fingerprint density at radius 1 is 0.865 bits per heavy atom. The first-order valence-corrected chi connectivity index (χ1v) is 12.0. The van der Waals surface area contributed by atoms with Crippen LogP contribution < -0.4 is 10.9 Å². The van der Waals surface area contributed by atoms with Gasteiger partial charge in [-0.2, -0.15) is 0 Å². The summed E-state index contributed by atoms with van der Waals surface area (Å²) in [5, 5.41) is 16.1. The third-order valence-corrected chi connectivity index (χ3v) is 6.92. The van der Waals surface area contributed by atoms with Gasteiger partial charge in [0.2, 0.25) is 0 Å². The molecule has 6 rings (SSSR count). The molecular formula is C31H22N2O4. The van der Waals surface area contributed by atoms with E-state index in [2.05, 4.69) is 10.3 Å². The predicted molar refractivity (Wildman–Crippen MR) is 144 cm³/mol. The van der Waals surface area contributed by atoms with E-state index in [9.17, 15) is 19.5 Å². The number of amides is 1. The third-order valence-electron chi connectivity index (χ3n) is 6.92. The average Bonchev–Trinajstić information content (AvgIpc) is 2.91. The number of carbonyl (C=O) groups is 2. The summed E-state index contributed by atoms with van der Waals surface area (Å²) in [4.78, 5) is 41.3. The standard InChI is InChI=1S/C31H22N2O4/c34-28-22-16-14-18-8-4-6-10-20(18)26(22)32-30(36)24(28)12-2-1-3-13-25-29(35)23-17-15-19-9-5-7-11-21(19)27(23)33-31(25)37/h1-14,16-17,27H,15H2,(H,33,37)(H2,32,34,36). The molecule has 2 heterocycles. The minimum atomic E-state index is -0.425. The first-order chi connectivity index (χ1) is 18.0. The lowest BCUT2D eigenvalue weighted by molar-refractivity contribution is -0.123. The van der Waals surface area contributed by atoms with E-state index in [1.807, 2.05) is 60.7 Å². The number of Topliss-reactive ketones (excluding diaryl/α,β-unsaturated/α-hetero) is 1. The van der Waals surface area contributed by atoms with E-state index in [0.29, 0.717) is 22.9 Å². The number of aromatic amines is 1. The molecule has 3 N–H and O–H groups in total. The predicted octanol–water partition coefficient (Wildman–Crippen LogP) is 4.81. The van der Waals surface area contributed by atoms with Gasteiger partial charge in [0.1, 0.15) is 5.75 Å². The zero-order valence-electron chi connectivity index (χ0n) is 19.7. The third kappa shape index (κ3) is 3.79. The summed E-state index contributed by atoms with van der Waals surface area (Å²) < 4.78 is 0. The number of rotatable bonds is 3. The molecule has 3 aromatic carbocycles. The second-order valence-corrected chi connectivity index (χ2v) is 9.05. The van der Waals surface area contributed by atoms with E-state index in [1.54, 1.807) is 24.3 Å². The highest BCUT2D eigenvalue weighted by Crippen LogP contribution is 2.35. The van der Waals surface area contributed by atoms with Crippen LogP contribution in [0, 0.1) is 0 Å². The van der Waals surface area contributed by atoms with Gasteiger partial charge in [0, 0.05) is 16.3 Å². The molecule has 1 saturated heterocycles. The van der Waals surface area contributed by atoms with Crippen LogP contribution in [0.2, 0.25) is 0 Å². The SMILES string of the molecule is O=C1NC2C(=CCc3ccccc32)C(=O)C1=CC=CC=Cc1c(O)c2ccc3ccccc3c2[nH]c1=O. The molecule has 1 aromatic heterocycles. The molecule has 2 aliphatic rings. The van der Waals surface area contributed by atoms with Gasteiger partial charge in [-0.3, -0.25) is 14.4 Å². The number of aromatic nitrogens is 1. The van der Waals surface area contributed by atoms with Gasteiger partial charge in [0.05, 0.1) is 22.7 Å². The van der Waals surface area contributed by atoms with Gasteiger partial charge in [-0.05, 0) is 41.2 Å². The number of carbonyl (C=O) groups excluding carboxylic acids is 2. The van der Waals surface area contributed by atoms with Crippen molar-refractivity contribution in [2.45, 2.75) is 12.5 Å². The van der Waals surface area contributed by atoms with Gasteiger partial charge in [-0.15, -0.1) is 0 Å². The lowest BCUT2D eigenvalue weighted by Crippen LogP contribution is -2.42. The van der Waals surface area contributed by atoms with Crippen molar-refractivity contribution in [2.24, 2.45) is 0 Å². The number of allylic oxidation sites excluding steroid dienone is 5. The van der Waals surface area contributed by atoms with Gasteiger partial charge in [-0.1, -0.05) is 78.9 Å². The molecule has 0 bridgehead atoms. The Hall–Kier alpha value is -4.97. The Balaban J connectivity index is 1.25. The second-order valence-electron chi connectivity index (χ2n) is 9.05. The van der Waals surface area contributed by atoms with E-state index < -0.39 is 17.5 Å². The number of benzene rings is 3. The Morgan fingerprint density at radius 2 is 1.68 bits per heavy atom. The number of H-pyrrole nitrogens is 1. The summed E-state index contributed by atoms with van der Waals surface area (Å²) >= 11 is 0. The monoisotopic (exact) mass is 486 g/mol. The summed E-state index contributed by atoms with van der Waals surface area (Å²) in [6.45, 7) is 0. The number of fused-ring (bicyclic) bond motifs is 6. The number of pyridine rings is 1. The van der Waals surface area contributed by atoms with E-state index in [4.69, 9.17) is 0 Å². The minimum absolute atomic E-state index is 0.0600. The first-order valence-electron chi connectivity index (χ1n) is 12.0. The van der Waals surface area contributed by atoms with Crippen molar-refractivity contribution in [3.05, 3.63) is 129 Å². The quantitative estimate of drug-likeness (QED) is 0.168. The molecular weight excluding hydrogens is 464 g/mol. The lowest BCUT2D eigenvalue weighted by atomic mass is 9.81. The maximum atomic E-state index is 13.0. The molecule has 1 fully saturated rings. The van der Waals surface area contributed by atoms with Crippen LogP contribution in [-0.2, 0) is 16.0 Å². The summed E-state index contributed by atoms with van der Waals surface area (Å²) in [5.74, 6) is -0.814. The Bertz CT molecular complexity index is 1800. The van der Waals surface area contributed by atoms with Crippen LogP contribution in [-0.4, -0.2) is 21.8 Å². The molecule has 6 nitrogen and oxygen atoms in total. The summed E-state index contributed by atoms with van der Waals surface area (Å²) in [5.41, 5.74) is 2.98. The second kappa shape index (κ2) is 8.91. The van der Waals surface area contributed by atoms with Crippen LogP contribution in [0.4, 0.5) is 0 Å². The van der Waals surface area contributed by atoms with Gasteiger partial charge in [0.15, 0.2) is 5.78 Å². The van der Waals surface area contributed by atoms with Crippen LogP contribution in [0.3, 0.4) is 0 Å². The highest BCUT2D eigenvalue weighted by molar-refractivity contribution is 6.28. The fourth-order valence-electron chi connectivity index (χ4n) is 5.06. The molecule has 0 saturated carbocycles. The maximum Gasteiger partial charge on any atom is 0.259 e. The highest BCUT2D eigenvalue weighted by atomic mass is 16.3. The van der Waals surface area contributed by atoms with Crippen molar-refractivity contribution in [3.8, 4) is 5.75 Å². The van der Waals surface area contributed by atoms with Crippen molar-refractivity contribution in [2.75, 3.05) is 0 Å². The van der Waals surface area contributed by atoms with E-state index >= 15 is 0 Å².